The maximum atomic E-state index is 5.91. The topological polar surface area (TPSA) is 69.9 Å². The van der Waals surface area contributed by atoms with E-state index in [0.29, 0.717) is 30.3 Å². The van der Waals surface area contributed by atoms with Gasteiger partial charge in [0.2, 0.25) is 0 Å². The number of benzene rings is 1. The Bertz CT molecular complexity index is 1140. The predicted octanol–water partition coefficient (Wildman–Crippen LogP) is 5.62. The molecule has 0 aliphatic heterocycles. The summed E-state index contributed by atoms with van der Waals surface area (Å²) in [4.78, 5) is 4.29. The minimum atomic E-state index is 0.368. The zero-order chi connectivity index (χ0) is 25.0. The molecule has 0 spiro atoms. The van der Waals surface area contributed by atoms with Gasteiger partial charge in [0, 0.05) is 53.7 Å². The van der Waals surface area contributed by atoms with Crippen LogP contribution in [-0.4, -0.2) is 29.5 Å². The average Bonchev–Trinajstić information content (AvgIpc) is 3.36. The van der Waals surface area contributed by atoms with Crippen LogP contribution in [0.3, 0.4) is 0 Å². The molecule has 0 saturated carbocycles. The molecule has 0 saturated heterocycles. The molecule has 0 amide bonds. The Balaban J connectivity index is 1.60. The fraction of sp³-hybridized carbons (Fsp3) is 0.286. The van der Waals surface area contributed by atoms with Crippen LogP contribution in [-0.2, 0) is 19.6 Å². The van der Waals surface area contributed by atoms with Gasteiger partial charge in [-0.1, -0.05) is 12.6 Å². The van der Waals surface area contributed by atoms with E-state index in [1.54, 1.807) is 20.4 Å². The Kier molecular flexibility index (Phi) is 9.54. The van der Waals surface area contributed by atoms with E-state index in [9.17, 15) is 0 Å². The number of aromatic nitrogens is 2. The molecule has 7 nitrogen and oxygen atoms in total. The number of pyridine rings is 1. The van der Waals surface area contributed by atoms with E-state index >= 15 is 0 Å². The van der Waals surface area contributed by atoms with E-state index in [0.717, 1.165) is 41.3 Å². The molecule has 0 unspecified atom stereocenters. The Labute approximate surface area is 207 Å². The standard InChI is InChI=1S/C28H34N4O3/c1-6-32-17-9-11-24(32)14-12-21(2)30-31-22(3)13-15-26-27(33-4)18-25(19-28(26)34-5)35-20-23-10-7-8-16-29-23/h7-12,14,16-19,30H,2,6,13,15,20H2,1,3-5H3/b14-12+,31-22+. The summed E-state index contributed by atoms with van der Waals surface area (Å²) >= 11 is 0. The molecule has 0 radical (unpaired) electrons. The highest BCUT2D eigenvalue weighted by Gasteiger charge is 2.14. The number of ether oxygens (including phenoxy) is 3. The summed E-state index contributed by atoms with van der Waals surface area (Å²) in [6.45, 7) is 9.42. The minimum Gasteiger partial charge on any atom is -0.496 e. The number of aryl methyl sites for hydroxylation is 1. The van der Waals surface area contributed by atoms with Gasteiger partial charge in [0.05, 0.1) is 19.9 Å². The second-order valence-corrected chi connectivity index (χ2v) is 7.95. The maximum Gasteiger partial charge on any atom is 0.130 e. The Hall–Kier alpha value is -4.00. The number of hydrogen-bond acceptors (Lipinski definition) is 6. The lowest BCUT2D eigenvalue weighted by atomic mass is 10.0. The molecule has 1 aromatic carbocycles. The first-order valence-electron chi connectivity index (χ1n) is 11.6. The molecule has 3 aromatic rings. The van der Waals surface area contributed by atoms with E-state index < -0.39 is 0 Å². The molecule has 184 valence electrons. The van der Waals surface area contributed by atoms with Crippen LogP contribution in [0.1, 0.15) is 37.2 Å². The smallest absolute Gasteiger partial charge is 0.130 e. The van der Waals surface area contributed by atoms with Crippen molar-refractivity contribution in [3.8, 4) is 17.2 Å². The summed E-state index contributed by atoms with van der Waals surface area (Å²) in [6, 6.07) is 13.6. The first-order valence-corrected chi connectivity index (χ1v) is 11.6. The van der Waals surface area contributed by atoms with Gasteiger partial charge >= 0.3 is 0 Å². The van der Waals surface area contributed by atoms with Crippen molar-refractivity contribution in [1.29, 1.82) is 0 Å². The SMILES string of the molecule is C=C(/C=C/c1cccn1CC)N/N=C(\C)CCc1c(OC)cc(OCc2ccccn2)cc1OC. The Morgan fingerprint density at radius 2 is 1.91 bits per heavy atom. The second kappa shape index (κ2) is 13.0. The van der Waals surface area contributed by atoms with Gasteiger partial charge in [-0.2, -0.15) is 5.10 Å². The van der Waals surface area contributed by atoms with Gasteiger partial charge in [0.25, 0.3) is 0 Å². The molecular weight excluding hydrogens is 440 g/mol. The number of nitrogens with one attached hydrogen (secondary N) is 1. The third kappa shape index (κ3) is 7.50. The largest absolute Gasteiger partial charge is 0.496 e. The molecule has 0 atom stereocenters. The summed E-state index contributed by atoms with van der Waals surface area (Å²) in [5, 5.41) is 4.47. The zero-order valence-corrected chi connectivity index (χ0v) is 21.0. The summed E-state index contributed by atoms with van der Waals surface area (Å²) in [5.74, 6) is 2.09. The van der Waals surface area contributed by atoms with Crippen LogP contribution in [0, 0.1) is 0 Å². The Morgan fingerprint density at radius 1 is 1.14 bits per heavy atom. The van der Waals surface area contributed by atoms with Gasteiger partial charge in [0.15, 0.2) is 0 Å². The minimum absolute atomic E-state index is 0.368. The second-order valence-electron chi connectivity index (χ2n) is 7.95. The fourth-order valence-corrected chi connectivity index (χ4v) is 3.55. The highest BCUT2D eigenvalue weighted by molar-refractivity contribution is 5.82. The van der Waals surface area contributed by atoms with Gasteiger partial charge in [-0.15, -0.1) is 0 Å². The number of nitrogens with zero attached hydrogens (tertiary/aromatic N) is 3. The third-order valence-corrected chi connectivity index (χ3v) is 5.48. The quantitative estimate of drug-likeness (QED) is 0.198. The van der Waals surface area contributed by atoms with E-state index in [1.807, 2.05) is 55.5 Å². The van der Waals surface area contributed by atoms with Crippen LogP contribution < -0.4 is 19.6 Å². The number of methoxy groups -OCH3 is 2. The van der Waals surface area contributed by atoms with Crippen molar-refractivity contribution in [2.45, 2.75) is 39.8 Å². The van der Waals surface area contributed by atoms with Crippen LogP contribution in [0.5, 0.6) is 17.2 Å². The molecule has 3 rings (SSSR count). The molecule has 2 aromatic heterocycles. The molecule has 0 aliphatic carbocycles. The van der Waals surface area contributed by atoms with Gasteiger partial charge in [-0.25, -0.2) is 0 Å². The summed E-state index contributed by atoms with van der Waals surface area (Å²) in [5.41, 5.74) is 7.63. The summed E-state index contributed by atoms with van der Waals surface area (Å²) < 4.78 is 19.4. The van der Waals surface area contributed by atoms with Crippen molar-refractivity contribution < 1.29 is 14.2 Å². The summed E-state index contributed by atoms with van der Waals surface area (Å²) in [7, 11) is 3.29. The van der Waals surface area contributed by atoms with Gasteiger partial charge in [-0.3, -0.25) is 10.4 Å². The van der Waals surface area contributed by atoms with Crippen LogP contribution >= 0.6 is 0 Å². The van der Waals surface area contributed by atoms with Crippen LogP contribution in [0.2, 0.25) is 0 Å². The average molecular weight is 475 g/mol. The van der Waals surface area contributed by atoms with E-state index in [4.69, 9.17) is 14.2 Å². The molecular formula is C28H34N4O3. The molecule has 2 heterocycles. The molecule has 0 fully saturated rings. The first kappa shape index (κ1) is 25.6. The molecule has 35 heavy (non-hydrogen) atoms. The van der Waals surface area contributed by atoms with E-state index in [-0.39, 0.29) is 0 Å². The lowest BCUT2D eigenvalue weighted by Crippen LogP contribution is -2.08. The summed E-state index contributed by atoms with van der Waals surface area (Å²) in [6.07, 6.45) is 9.18. The van der Waals surface area contributed by atoms with Crippen molar-refractivity contribution in [3.63, 3.8) is 0 Å². The fourth-order valence-electron chi connectivity index (χ4n) is 3.55. The van der Waals surface area contributed by atoms with Crippen LogP contribution in [0.4, 0.5) is 0 Å². The highest BCUT2D eigenvalue weighted by Crippen LogP contribution is 2.35. The van der Waals surface area contributed by atoms with Crippen molar-refractivity contribution in [3.05, 3.63) is 90.2 Å². The normalized spacial score (nSPS) is 11.5. The van der Waals surface area contributed by atoms with Crippen LogP contribution in [0.15, 0.2) is 78.3 Å². The predicted molar refractivity (Wildman–Crippen MR) is 141 cm³/mol. The third-order valence-electron chi connectivity index (χ3n) is 5.48. The molecule has 0 bridgehead atoms. The van der Waals surface area contributed by atoms with E-state index in [2.05, 4.69) is 45.8 Å². The maximum absolute atomic E-state index is 5.91. The lowest BCUT2D eigenvalue weighted by molar-refractivity contribution is 0.295. The molecule has 0 aliphatic rings. The zero-order valence-electron chi connectivity index (χ0n) is 21.0. The van der Waals surface area contributed by atoms with E-state index in [1.165, 1.54) is 0 Å². The number of rotatable bonds is 13. The van der Waals surface area contributed by atoms with Crippen molar-refractivity contribution >= 4 is 11.8 Å². The Morgan fingerprint density at radius 3 is 2.57 bits per heavy atom. The molecule has 7 heteroatoms. The van der Waals surface area contributed by atoms with Gasteiger partial charge in [0.1, 0.15) is 23.9 Å². The van der Waals surface area contributed by atoms with Crippen LogP contribution in [0.25, 0.3) is 6.08 Å². The first-order chi connectivity index (χ1) is 17.0. The highest BCUT2D eigenvalue weighted by atomic mass is 16.5. The lowest BCUT2D eigenvalue weighted by Gasteiger charge is -2.16. The van der Waals surface area contributed by atoms with Crippen molar-refractivity contribution in [1.82, 2.24) is 15.0 Å². The number of hydrogen-bond donors (Lipinski definition) is 1. The molecule has 1 N–H and O–H groups in total. The number of hydrazone groups is 1. The van der Waals surface area contributed by atoms with Crippen molar-refractivity contribution in [2.24, 2.45) is 5.10 Å². The monoisotopic (exact) mass is 474 g/mol. The number of allylic oxidation sites excluding steroid dienone is 1. The van der Waals surface area contributed by atoms with Gasteiger partial charge < -0.3 is 18.8 Å². The van der Waals surface area contributed by atoms with Crippen molar-refractivity contribution in [2.75, 3.05) is 14.2 Å². The van der Waals surface area contributed by atoms with Gasteiger partial charge in [-0.05, 0) is 63.1 Å².